The molecule has 0 bridgehead atoms. The minimum Gasteiger partial charge on any atom is -0.334 e. The third-order valence-electron chi connectivity index (χ3n) is 3.27. The zero-order chi connectivity index (χ0) is 13.1. The molecule has 1 unspecified atom stereocenters. The van der Waals surface area contributed by atoms with Crippen LogP contribution in [0.2, 0.25) is 0 Å². The van der Waals surface area contributed by atoms with E-state index in [4.69, 9.17) is 5.73 Å². The quantitative estimate of drug-likeness (QED) is 0.876. The fourth-order valence-electron chi connectivity index (χ4n) is 2.36. The average molecular weight is 254 g/mol. The van der Waals surface area contributed by atoms with Gasteiger partial charge in [-0.3, -0.25) is 4.79 Å². The Morgan fingerprint density at radius 1 is 1.28 bits per heavy atom. The van der Waals surface area contributed by atoms with E-state index < -0.39 is 11.6 Å². The van der Waals surface area contributed by atoms with Crippen LogP contribution in [0.5, 0.6) is 0 Å². The number of halogens is 2. The molecule has 1 aliphatic heterocycles. The molecule has 1 aromatic rings. The van der Waals surface area contributed by atoms with Gasteiger partial charge in [0, 0.05) is 30.8 Å². The lowest BCUT2D eigenvalue weighted by Gasteiger charge is -2.35. The summed E-state index contributed by atoms with van der Waals surface area (Å²) in [6.07, 6.45) is 2.78. The Labute approximate surface area is 105 Å². The summed E-state index contributed by atoms with van der Waals surface area (Å²) in [4.78, 5) is 13.8. The van der Waals surface area contributed by atoms with Crippen molar-refractivity contribution in [3.05, 3.63) is 35.4 Å². The summed E-state index contributed by atoms with van der Waals surface area (Å²) in [5.41, 5.74) is 5.68. The Hall–Kier alpha value is -1.49. The number of carbonyl (C=O) groups excluding carboxylic acids is 1. The minimum absolute atomic E-state index is 0.0300. The number of nitrogens with zero attached hydrogens (tertiary/aromatic N) is 1. The van der Waals surface area contributed by atoms with Gasteiger partial charge in [0.1, 0.15) is 11.6 Å². The van der Waals surface area contributed by atoms with Gasteiger partial charge in [-0.25, -0.2) is 8.78 Å². The maximum absolute atomic E-state index is 13.1. The second-order valence-corrected chi connectivity index (χ2v) is 4.54. The van der Waals surface area contributed by atoms with Crippen LogP contribution in [0.25, 0.3) is 0 Å². The molecule has 0 aromatic heterocycles. The third kappa shape index (κ3) is 2.67. The predicted molar refractivity (Wildman–Crippen MR) is 64.1 cm³/mol. The molecule has 1 fully saturated rings. The number of hydrogen-bond acceptors (Lipinski definition) is 2. The second kappa shape index (κ2) is 5.44. The molecule has 2 N–H and O–H groups in total. The highest BCUT2D eigenvalue weighted by atomic mass is 19.1. The van der Waals surface area contributed by atoms with Crippen LogP contribution >= 0.6 is 0 Å². The van der Waals surface area contributed by atoms with Gasteiger partial charge in [0.05, 0.1) is 0 Å². The van der Waals surface area contributed by atoms with Crippen molar-refractivity contribution < 1.29 is 13.6 Å². The van der Waals surface area contributed by atoms with E-state index in [9.17, 15) is 13.6 Å². The van der Waals surface area contributed by atoms with Gasteiger partial charge in [0.25, 0.3) is 5.91 Å². The largest absolute Gasteiger partial charge is 0.334 e. The molecule has 2 rings (SSSR count). The Balaban J connectivity index is 2.23. The molecule has 1 amide bonds. The van der Waals surface area contributed by atoms with E-state index in [1.54, 1.807) is 4.90 Å². The Bertz CT molecular complexity index is 430. The topological polar surface area (TPSA) is 46.3 Å². The average Bonchev–Trinajstić information content (AvgIpc) is 2.36. The zero-order valence-corrected chi connectivity index (χ0v) is 10.0. The van der Waals surface area contributed by atoms with E-state index in [0.29, 0.717) is 13.1 Å². The molecule has 18 heavy (non-hydrogen) atoms. The van der Waals surface area contributed by atoms with Gasteiger partial charge in [-0.1, -0.05) is 0 Å². The van der Waals surface area contributed by atoms with Crippen LogP contribution in [0.15, 0.2) is 18.2 Å². The van der Waals surface area contributed by atoms with E-state index in [2.05, 4.69) is 0 Å². The molecule has 1 aromatic carbocycles. The number of benzene rings is 1. The summed E-state index contributed by atoms with van der Waals surface area (Å²) >= 11 is 0. The molecule has 0 aliphatic carbocycles. The first-order valence-corrected chi connectivity index (χ1v) is 6.09. The third-order valence-corrected chi connectivity index (χ3v) is 3.27. The van der Waals surface area contributed by atoms with Crippen LogP contribution in [0.4, 0.5) is 8.78 Å². The Kier molecular flexibility index (Phi) is 3.91. The minimum atomic E-state index is -0.736. The smallest absolute Gasteiger partial charge is 0.254 e. The van der Waals surface area contributed by atoms with Crippen molar-refractivity contribution in [1.29, 1.82) is 0 Å². The van der Waals surface area contributed by atoms with Gasteiger partial charge >= 0.3 is 0 Å². The highest BCUT2D eigenvalue weighted by molar-refractivity contribution is 5.94. The van der Waals surface area contributed by atoms with Crippen molar-refractivity contribution in [3.8, 4) is 0 Å². The number of amides is 1. The van der Waals surface area contributed by atoms with Crippen LogP contribution in [-0.2, 0) is 0 Å². The lowest BCUT2D eigenvalue weighted by Crippen LogP contribution is -2.47. The summed E-state index contributed by atoms with van der Waals surface area (Å²) in [5, 5.41) is 0. The van der Waals surface area contributed by atoms with Crippen molar-refractivity contribution in [3.63, 3.8) is 0 Å². The van der Waals surface area contributed by atoms with Crippen LogP contribution in [0.3, 0.4) is 0 Å². The molecule has 98 valence electrons. The summed E-state index contributed by atoms with van der Waals surface area (Å²) in [6.45, 7) is 0.975. The highest BCUT2D eigenvalue weighted by Crippen LogP contribution is 2.20. The summed E-state index contributed by atoms with van der Waals surface area (Å²) in [5.74, 6) is -1.82. The Morgan fingerprint density at radius 3 is 2.56 bits per heavy atom. The van der Waals surface area contributed by atoms with Crippen molar-refractivity contribution in [2.45, 2.75) is 25.3 Å². The molecule has 1 saturated heterocycles. The molecule has 1 aliphatic rings. The van der Waals surface area contributed by atoms with Gasteiger partial charge in [0.15, 0.2) is 0 Å². The Morgan fingerprint density at radius 2 is 1.94 bits per heavy atom. The number of carbonyl (C=O) groups is 1. The number of likely N-dealkylation sites (tertiary alicyclic amines) is 1. The molecule has 5 heteroatoms. The van der Waals surface area contributed by atoms with Crippen molar-refractivity contribution in [2.24, 2.45) is 5.73 Å². The second-order valence-electron chi connectivity index (χ2n) is 4.54. The van der Waals surface area contributed by atoms with E-state index in [1.165, 1.54) is 0 Å². The van der Waals surface area contributed by atoms with E-state index in [0.717, 1.165) is 37.5 Å². The van der Waals surface area contributed by atoms with Crippen molar-refractivity contribution in [1.82, 2.24) is 4.90 Å². The monoisotopic (exact) mass is 254 g/mol. The van der Waals surface area contributed by atoms with E-state index in [-0.39, 0.29) is 17.5 Å². The molecule has 0 saturated carbocycles. The summed E-state index contributed by atoms with van der Waals surface area (Å²) in [7, 11) is 0. The molecule has 0 spiro atoms. The molecule has 1 heterocycles. The molecule has 0 radical (unpaired) electrons. The first-order valence-electron chi connectivity index (χ1n) is 6.09. The summed E-state index contributed by atoms with van der Waals surface area (Å²) in [6, 6.07) is 2.85. The fraction of sp³-hybridized carbons (Fsp3) is 0.462. The van der Waals surface area contributed by atoms with Gasteiger partial charge in [0.2, 0.25) is 0 Å². The van der Waals surface area contributed by atoms with E-state index >= 15 is 0 Å². The fourth-order valence-corrected chi connectivity index (χ4v) is 2.36. The number of hydrogen-bond donors (Lipinski definition) is 1. The molecular formula is C13H16F2N2O. The van der Waals surface area contributed by atoms with Crippen LogP contribution in [0.1, 0.15) is 29.6 Å². The van der Waals surface area contributed by atoms with Crippen LogP contribution < -0.4 is 5.73 Å². The van der Waals surface area contributed by atoms with Gasteiger partial charge in [-0.2, -0.15) is 0 Å². The normalized spacial score (nSPS) is 19.9. The number of rotatable bonds is 2. The maximum atomic E-state index is 13.1. The molecule has 1 atom stereocenters. The van der Waals surface area contributed by atoms with Crippen molar-refractivity contribution in [2.75, 3.05) is 13.1 Å². The van der Waals surface area contributed by atoms with Gasteiger partial charge < -0.3 is 10.6 Å². The molecular weight excluding hydrogens is 238 g/mol. The lowest BCUT2D eigenvalue weighted by molar-refractivity contribution is 0.0622. The first-order chi connectivity index (χ1) is 8.61. The van der Waals surface area contributed by atoms with Gasteiger partial charge in [-0.15, -0.1) is 0 Å². The SMILES string of the molecule is NCC1CCCCN1C(=O)c1cc(F)cc(F)c1. The molecule has 3 nitrogen and oxygen atoms in total. The lowest BCUT2D eigenvalue weighted by atomic mass is 10.0. The first kappa shape index (κ1) is 13.0. The maximum Gasteiger partial charge on any atom is 0.254 e. The number of piperidine rings is 1. The zero-order valence-electron chi connectivity index (χ0n) is 10.0. The van der Waals surface area contributed by atoms with Crippen LogP contribution in [-0.4, -0.2) is 29.9 Å². The number of nitrogens with two attached hydrogens (primary N) is 1. The van der Waals surface area contributed by atoms with E-state index in [1.807, 2.05) is 0 Å². The van der Waals surface area contributed by atoms with Crippen LogP contribution in [0, 0.1) is 11.6 Å². The standard InChI is InChI=1S/C13H16F2N2O/c14-10-5-9(6-11(15)7-10)13(18)17-4-2-1-3-12(17)8-16/h5-7,12H,1-4,8,16H2. The highest BCUT2D eigenvalue weighted by Gasteiger charge is 2.26. The van der Waals surface area contributed by atoms with Crippen molar-refractivity contribution >= 4 is 5.91 Å². The summed E-state index contributed by atoms with van der Waals surface area (Å²) < 4.78 is 26.2. The predicted octanol–water partition coefficient (Wildman–Crippen LogP) is 1.92. The van der Waals surface area contributed by atoms with Gasteiger partial charge in [-0.05, 0) is 31.4 Å².